The Morgan fingerprint density at radius 1 is 1.09 bits per heavy atom. The van der Waals surface area contributed by atoms with Crippen LogP contribution < -0.4 is 10.2 Å². The summed E-state index contributed by atoms with van der Waals surface area (Å²) in [7, 11) is 1.66. The van der Waals surface area contributed by atoms with Gasteiger partial charge in [0.15, 0.2) is 0 Å². The Kier molecular flexibility index (Phi) is 8.15. The van der Waals surface area contributed by atoms with Gasteiger partial charge in [0.2, 0.25) is 5.91 Å². The van der Waals surface area contributed by atoms with Gasteiger partial charge in [0.25, 0.3) is 5.69 Å². The first kappa shape index (κ1) is 25.8. The highest BCUT2D eigenvalue weighted by Crippen LogP contribution is 2.36. The summed E-state index contributed by atoms with van der Waals surface area (Å²) in [5, 5.41) is 14.1. The molecule has 0 atom stereocenters. The van der Waals surface area contributed by atoms with E-state index >= 15 is 0 Å². The van der Waals surface area contributed by atoms with Crippen LogP contribution in [0.3, 0.4) is 0 Å². The molecule has 3 amide bonds. The van der Waals surface area contributed by atoms with Gasteiger partial charge in [-0.05, 0) is 17.7 Å². The van der Waals surface area contributed by atoms with Gasteiger partial charge < -0.3 is 20.0 Å². The van der Waals surface area contributed by atoms with Gasteiger partial charge in [-0.1, -0.05) is 30.3 Å². The number of urea groups is 1. The van der Waals surface area contributed by atoms with E-state index in [2.05, 4.69) is 5.32 Å². The maximum atomic E-state index is 12.9. The molecule has 1 N–H and O–H groups in total. The van der Waals surface area contributed by atoms with Gasteiger partial charge in [-0.25, -0.2) is 4.79 Å². The van der Waals surface area contributed by atoms with Crippen molar-refractivity contribution in [3.63, 3.8) is 0 Å². The van der Waals surface area contributed by atoms with E-state index in [1.807, 2.05) is 30.3 Å². The number of nitrogens with zero attached hydrogens (tertiary/aromatic N) is 4. The van der Waals surface area contributed by atoms with Crippen LogP contribution >= 0.6 is 0 Å². The molecule has 0 saturated carbocycles. The summed E-state index contributed by atoms with van der Waals surface area (Å²) >= 11 is 0. The van der Waals surface area contributed by atoms with Gasteiger partial charge in [0, 0.05) is 58.8 Å². The van der Waals surface area contributed by atoms with Crippen LogP contribution in [0.5, 0.6) is 0 Å². The smallest absolute Gasteiger partial charge is 0.362 e. The number of anilines is 1. The molecule has 12 heteroatoms. The van der Waals surface area contributed by atoms with E-state index in [1.54, 1.807) is 16.8 Å². The second-order valence-corrected chi connectivity index (χ2v) is 8.15. The number of carbonyl (C=O) groups is 2. The number of benzene rings is 2. The first-order valence-corrected chi connectivity index (χ1v) is 11.0. The number of carbonyl (C=O) groups excluding carboxylic acids is 2. The first-order valence-electron chi connectivity index (χ1n) is 11.0. The van der Waals surface area contributed by atoms with Gasteiger partial charge in [0.05, 0.1) is 10.5 Å². The summed E-state index contributed by atoms with van der Waals surface area (Å²) in [5.41, 5.74) is -0.642. The van der Waals surface area contributed by atoms with Crippen LogP contribution in [0.15, 0.2) is 48.5 Å². The second kappa shape index (κ2) is 11.1. The SMILES string of the molecule is CN(Cc1ccccc1)C(=O)NCCC(=O)N1CCN(c2ccc(C(F)(F)F)cc2[N+](=O)[O-])CC1. The fourth-order valence-corrected chi connectivity index (χ4v) is 3.81. The molecule has 0 aliphatic carbocycles. The molecule has 1 heterocycles. The topological polar surface area (TPSA) is 99.0 Å². The zero-order valence-electron chi connectivity index (χ0n) is 19.1. The molecule has 35 heavy (non-hydrogen) atoms. The number of hydrogen-bond donors (Lipinski definition) is 1. The van der Waals surface area contributed by atoms with Crippen molar-refractivity contribution in [3.8, 4) is 0 Å². The van der Waals surface area contributed by atoms with Crippen molar-refractivity contribution in [2.45, 2.75) is 19.1 Å². The van der Waals surface area contributed by atoms with E-state index in [-0.39, 0.29) is 56.8 Å². The fraction of sp³-hybridized carbons (Fsp3) is 0.391. The molecule has 3 rings (SSSR count). The zero-order valence-corrected chi connectivity index (χ0v) is 19.1. The lowest BCUT2D eigenvalue weighted by atomic mass is 10.1. The molecule has 9 nitrogen and oxygen atoms in total. The number of nitro groups is 1. The minimum Gasteiger partial charge on any atom is -0.362 e. The third-order valence-electron chi connectivity index (χ3n) is 5.70. The summed E-state index contributed by atoms with van der Waals surface area (Å²) in [5.74, 6) is -0.183. The highest BCUT2D eigenvalue weighted by molar-refractivity contribution is 5.78. The van der Waals surface area contributed by atoms with Crippen LogP contribution in [0.25, 0.3) is 0 Å². The van der Waals surface area contributed by atoms with Crippen LogP contribution in [0.1, 0.15) is 17.5 Å². The number of nitro benzene ring substituents is 1. The van der Waals surface area contributed by atoms with E-state index in [9.17, 15) is 32.9 Å². The Labute approximate surface area is 200 Å². The minimum atomic E-state index is -4.68. The van der Waals surface area contributed by atoms with Crippen molar-refractivity contribution in [1.29, 1.82) is 0 Å². The third-order valence-corrected chi connectivity index (χ3v) is 5.70. The lowest BCUT2D eigenvalue weighted by Gasteiger charge is -2.36. The Morgan fingerprint density at radius 2 is 1.74 bits per heavy atom. The van der Waals surface area contributed by atoms with Crippen molar-refractivity contribution < 1.29 is 27.7 Å². The number of alkyl halides is 3. The van der Waals surface area contributed by atoms with Crippen molar-refractivity contribution in [1.82, 2.24) is 15.1 Å². The van der Waals surface area contributed by atoms with Gasteiger partial charge in [-0.15, -0.1) is 0 Å². The number of amides is 3. The molecule has 2 aromatic rings. The van der Waals surface area contributed by atoms with Gasteiger partial charge in [0.1, 0.15) is 5.69 Å². The zero-order chi connectivity index (χ0) is 25.6. The quantitative estimate of drug-likeness (QED) is 0.470. The maximum Gasteiger partial charge on any atom is 0.416 e. The molecule has 1 aliphatic rings. The molecular weight excluding hydrogens is 467 g/mol. The number of halogens is 3. The number of hydrogen-bond acceptors (Lipinski definition) is 5. The van der Waals surface area contributed by atoms with E-state index in [1.165, 1.54) is 4.90 Å². The van der Waals surface area contributed by atoms with Crippen molar-refractivity contribution in [2.24, 2.45) is 0 Å². The Bertz CT molecular complexity index is 1060. The molecule has 0 spiro atoms. The van der Waals surface area contributed by atoms with Gasteiger partial charge in [-0.2, -0.15) is 13.2 Å². The number of piperazine rings is 1. The highest BCUT2D eigenvalue weighted by Gasteiger charge is 2.34. The molecule has 1 saturated heterocycles. The lowest BCUT2D eigenvalue weighted by molar-refractivity contribution is -0.384. The molecule has 188 valence electrons. The molecule has 1 fully saturated rings. The van der Waals surface area contributed by atoms with Crippen LogP contribution in [0, 0.1) is 10.1 Å². The van der Waals surface area contributed by atoms with Crippen LogP contribution in [0.2, 0.25) is 0 Å². The Hall–Kier alpha value is -3.83. The minimum absolute atomic E-state index is 0.0869. The normalized spacial score (nSPS) is 13.9. The fourth-order valence-electron chi connectivity index (χ4n) is 3.81. The first-order chi connectivity index (χ1) is 16.6. The predicted molar refractivity (Wildman–Crippen MR) is 123 cm³/mol. The molecule has 0 aromatic heterocycles. The molecular formula is C23H26F3N5O4. The van der Waals surface area contributed by atoms with Crippen molar-refractivity contribution in [2.75, 3.05) is 44.7 Å². The third kappa shape index (κ3) is 6.84. The van der Waals surface area contributed by atoms with Crippen LogP contribution in [-0.4, -0.2) is 66.4 Å². The Balaban J connectivity index is 1.48. The van der Waals surface area contributed by atoms with Crippen LogP contribution in [0.4, 0.5) is 29.3 Å². The van der Waals surface area contributed by atoms with Gasteiger partial charge >= 0.3 is 12.2 Å². The molecule has 2 aromatic carbocycles. The maximum absolute atomic E-state index is 12.9. The Morgan fingerprint density at radius 3 is 2.34 bits per heavy atom. The number of nitrogens with one attached hydrogen (secondary N) is 1. The summed E-state index contributed by atoms with van der Waals surface area (Å²) in [6.07, 6.45) is -4.59. The summed E-state index contributed by atoms with van der Waals surface area (Å²) < 4.78 is 38.8. The highest BCUT2D eigenvalue weighted by atomic mass is 19.4. The predicted octanol–water partition coefficient (Wildman–Crippen LogP) is 3.49. The lowest BCUT2D eigenvalue weighted by Crippen LogP contribution is -2.49. The van der Waals surface area contributed by atoms with Crippen molar-refractivity contribution in [3.05, 3.63) is 69.8 Å². The summed E-state index contributed by atoms with van der Waals surface area (Å²) in [4.78, 5) is 40.0. The van der Waals surface area contributed by atoms with Crippen LogP contribution in [-0.2, 0) is 17.5 Å². The standard InChI is InChI=1S/C23H26F3N5O4/c1-28(16-17-5-3-2-4-6-17)22(33)27-10-9-21(32)30-13-11-29(12-14-30)19-8-7-18(23(24,25)26)15-20(19)31(34)35/h2-8,15H,9-14,16H2,1H3,(H,27,33). The average Bonchev–Trinajstić information content (AvgIpc) is 2.83. The average molecular weight is 493 g/mol. The van der Waals surface area contributed by atoms with E-state index in [4.69, 9.17) is 0 Å². The second-order valence-electron chi connectivity index (χ2n) is 8.15. The summed E-state index contributed by atoms with van der Waals surface area (Å²) in [6, 6.07) is 11.6. The van der Waals surface area contributed by atoms with Crippen molar-refractivity contribution >= 4 is 23.3 Å². The van der Waals surface area contributed by atoms with E-state index in [0.29, 0.717) is 12.6 Å². The van der Waals surface area contributed by atoms with E-state index in [0.717, 1.165) is 17.7 Å². The monoisotopic (exact) mass is 493 g/mol. The molecule has 0 radical (unpaired) electrons. The molecule has 0 unspecified atom stereocenters. The van der Waals surface area contributed by atoms with E-state index < -0.39 is 22.4 Å². The molecule has 0 bridgehead atoms. The molecule has 1 aliphatic heterocycles. The summed E-state index contributed by atoms with van der Waals surface area (Å²) in [6.45, 7) is 1.59. The van der Waals surface area contributed by atoms with Gasteiger partial charge in [-0.3, -0.25) is 14.9 Å². The largest absolute Gasteiger partial charge is 0.416 e. The number of rotatable bonds is 7.